The topological polar surface area (TPSA) is 59.6 Å². The van der Waals surface area contributed by atoms with Crippen LogP contribution in [0.25, 0.3) is 0 Å². The molecule has 0 spiro atoms. The first kappa shape index (κ1) is 22.6. The fourth-order valence-electron chi connectivity index (χ4n) is 3.63. The molecule has 148 valence electrons. The van der Waals surface area contributed by atoms with Crippen molar-refractivity contribution in [2.75, 3.05) is 13.7 Å². The van der Waals surface area contributed by atoms with Crippen molar-refractivity contribution < 1.29 is 14.3 Å². The fourth-order valence-corrected chi connectivity index (χ4v) is 3.63. The number of halogens is 1. The van der Waals surface area contributed by atoms with E-state index in [0.717, 1.165) is 37.9 Å². The van der Waals surface area contributed by atoms with Crippen LogP contribution in [0.3, 0.4) is 0 Å². The molecule has 0 aromatic heterocycles. The van der Waals surface area contributed by atoms with E-state index in [-0.39, 0.29) is 24.5 Å². The second-order valence-corrected chi connectivity index (χ2v) is 6.81. The summed E-state index contributed by atoms with van der Waals surface area (Å²) in [5.41, 5.74) is 2.74. The molecular formula is C20H33ClN2O3. The predicted molar refractivity (Wildman–Crippen MR) is 108 cm³/mol. The number of carbonyl (C=O) groups excluding carboxylic acids is 1. The van der Waals surface area contributed by atoms with Gasteiger partial charge in [-0.15, -0.1) is 12.4 Å². The molecule has 0 fully saturated rings. The highest BCUT2D eigenvalue weighted by molar-refractivity contribution is 5.85. The molecule has 0 bridgehead atoms. The number of methoxy groups -OCH3 is 1. The largest absolute Gasteiger partial charge is 0.496 e. The normalized spacial score (nSPS) is 18.1. The molecule has 2 N–H and O–H groups in total. The summed E-state index contributed by atoms with van der Waals surface area (Å²) in [6.45, 7) is 6.43. The molecule has 3 atom stereocenters. The lowest BCUT2D eigenvalue weighted by Gasteiger charge is -2.31. The first-order valence-electron chi connectivity index (χ1n) is 9.41. The summed E-state index contributed by atoms with van der Waals surface area (Å²) >= 11 is 0. The number of hydrogen-bond donors (Lipinski definition) is 2. The smallest absolute Gasteiger partial charge is 0.407 e. The highest BCUT2D eigenvalue weighted by Crippen LogP contribution is 2.29. The maximum atomic E-state index is 11.6. The Kier molecular flexibility index (Phi) is 9.81. The van der Waals surface area contributed by atoms with Crippen molar-refractivity contribution in [3.05, 3.63) is 29.3 Å². The second kappa shape index (κ2) is 11.3. The molecule has 0 saturated heterocycles. The average Bonchev–Trinajstić information content (AvgIpc) is 2.60. The Morgan fingerprint density at radius 3 is 2.77 bits per heavy atom. The first-order chi connectivity index (χ1) is 12.1. The Hall–Kier alpha value is -1.46. The highest BCUT2D eigenvalue weighted by atomic mass is 35.5. The third-order valence-electron chi connectivity index (χ3n) is 4.90. The van der Waals surface area contributed by atoms with Gasteiger partial charge < -0.3 is 20.1 Å². The first-order valence-corrected chi connectivity index (χ1v) is 9.41. The lowest BCUT2D eigenvalue weighted by Crippen LogP contribution is -2.45. The molecule has 3 unspecified atom stereocenters. The molecule has 6 heteroatoms. The molecule has 1 aliphatic carbocycles. The fraction of sp³-hybridized carbons (Fsp3) is 0.650. The minimum absolute atomic E-state index is 0. The third kappa shape index (κ3) is 6.36. The van der Waals surface area contributed by atoms with E-state index in [0.29, 0.717) is 18.7 Å². The molecule has 1 aromatic rings. The Morgan fingerprint density at radius 2 is 2.12 bits per heavy atom. The average molecular weight is 385 g/mol. The van der Waals surface area contributed by atoms with Crippen molar-refractivity contribution in [1.82, 2.24) is 10.6 Å². The number of ether oxygens (including phenoxy) is 2. The van der Waals surface area contributed by atoms with E-state index in [1.807, 2.05) is 19.9 Å². The van der Waals surface area contributed by atoms with Crippen LogP contribution < -0.4 is 15.4 Å². The lowest BCUT2D eigenvalue weighted by atomic mass is 9.87. The van der Waals surface area contributed by atoms with Crippen molar-refractivity contribution in [3.8, 4) is 5.75 Å². The van der Waals surface area contributed by atoms with Gasteiger partial charge in [0.15, 0.2) is 0 Å². The van der Waals surface area contributed by atoms with Crippen LogP contribution in [0.1, 0.15) is 51.2 Å². The number of alkyl carbamates (subject to hydrolysis) is 1. The molecular weight excluding hydrogens is 352 g/mol. The van der Waals surface area contributed by atoms with Crippen LogP contribution in [0.2, 0.25) is 0 Å². The molecule has 0 heterocycles. The Bertz CT molecular complexity index is 554. The quantitative estimate of drug-likeness (QED) is 0.714. The molecule has 1 aromatic carbocycles. The molecule has 1 aliphatic rings. The Morgan fingerprint density at radius 1 is 1.35 bits per heavy atom. The van der Waals surface area contributed by atoms with Gasteiger partial charge in [0.05, 0.1) is 13.7 Å². The molecule has 0 aliphatic heterocycles. The van der Waals surface area contributed by atoms with Crippen molar-refractivity contribution in [1.29, 1.82) is 0 Å². The van der Waals surface area contributed by atoms with E-state index in [4.69, 9.17) is 9.47 Å². The summed E-state index contributed by atoms with van der Waals surface area (Å²) in [5.74, 6) is 0.995. The maximum Gasteiger partial charge on any atom is 0.407 e. The highest BCUT2D eigenvalue weighted by Gasteiger charge is 2.24. The van der Waals surface area contributed by atoms with Gasteiger partial charge in [0.1, 0.15) is 5.75 Å². The van der Waals surface area contributed by atoms with Crippen molar-refractivity contribution in [2.24, 2.45) is 0 Å². The van der Waals surface area contributed by atoms with Gasteiger partial charge >= 0.3 is 6.09 Å². The zero-order valence-corrected chi connectivity index (χ0v) is 17.2. The monoisotopic (exact) mass is 384 g/mol. The van der Waals surface area contributed by atoms with Gasteiger partial charge in [-0.2, -0.15) is 0 Å². The molecule has 26 heavy (non-hydrogen) atoms. The number of benzene rings is 1. The summed E-state index contributed by atoms with van der Waals surface area (Å²) in [4.78, 5) is 11.6. The van der Waals surface area contributed by atoms with Crippen LogP contribution in [-0.4, -0.2) is 37.9 Å². The van der Waals surface area contributed by atoms with Gasteiger partial charge in [0.25, 0.3) is 0 Å². The van der Waals surface area contributed by atoms with Crippen LogP contribution >= 0.6 is 12.4 Å². The number of aryl methyl sites for hydroxylation is 1. The number of hydrogen-bond acceptors (Lipinski definition) is 4. The number of nitrogens with one attached hydrogen (secondary N) is 2. The van der Waals surface area contributed by atoms with E-state index in [1.165, 1.54) is 11.1 Å². The Balaban J connectivity index is 0.00000338. The van der Waals surface area contributed by atoms with E-state index in [9.17, 15) is 4.79 Å². The standard InChI is InChI=1S/C20H32N2O3.ClH/c1-5-16(12-14(3)21-20(23)25-6-2)22-17-11-10-15-8-7-9-19(24-4)18(15)13-17;/h7-9,14,16-17,22H,5-6,10-13H2,1-4H3,(H,21,23);1H. The summed E-state index contributed by atoms with van der Waals surface area (Å²) < 4.78 is 10.5. The Labute approximate surface area is 163 Å². The van der Waals surface area contributed by atoms with E-state index in [1.54, 1.807) is 7.11 Å². The van der Waals surface area contributed by atoms with Crippen molar-refractivity contribution in [3.63, 3.8) is 0 Å². The number of rotatable bonds is 8. The molecule has 0 radical (unpaired) electrons. The zero-order valence-electron chi connectivity index (χ0n) is 16.3. The van der Waals surface area contributed by atoms with Crippen LogP contribution in [-0.2, 0) is 17.6 Å². The minimum atomic E-state index is -0.332. The summed E-state index contributed by atoms with van der Waals surface area (Å²) in [7, 11) is 1.74. The van der Waals surface area contributed by atoms with E-state index < -0.39 is 0 Å². The lowest BCUT2D eigenvalue weighted by molar-refractivity contribution is 0.147. The minimum Gasteiger partial charge on any atom is -0.496 e. The van der Waals surface area contributed by atoms with E-state index in [2.05, 4.69) is 29.7 Å². The number of carbonyl (C=O) groups is 1. The van der Waals surface area contributed by atoms with Gasteiger partial charge in [0, 0.05) is 18.1 Å². The van der Waals surface area contributed by atoms with Crippen molar-refractivity contribution >= 4 is 18.5 Å². The zero-order chi connectivity index (χ0) is 18.2. The maximum absolute atomic E-state index is 11.6. The van der Waals surface area contributed by atoms with E-state index >= 15 is 0 Å². The molecule has 2 rings (SSSR count). The van der Waals surface area contributed by atoms with Gasteiger partial charge in [-0.3, -0.25) is 0 Å². The van der Waals surface area contributed by atoms with Gasteiger partial charge in [-0.1, -0.05) is 19.1 Å². The number of amides is 1. The van der Waals surface area contributed by atoms with Crippen molar-refractivity contribution in [2.45, 2.75) is 71.0 Å². The van der Waals surface area contributed by atoms with Crippen LogP contribution in [0, 0.1) is 0 Å². The second-order valence-electron chi connectivity index (χ2n) is 6.81. The summed E-state index contributed by atoms with van der Waals surface area (Å²) in [6.07, 6.45) is 4.80. The predicted octanol–water partition coefficient (Wildman–Crippen LogP) is 3.87. The van der Waals surface area contributed by atoms with Gasteiger partial charge in [0.2, 0.25) is 0 Å². The third-order valence-corrected chi connectivity index (χ3v) is 4.90. The summed E-state index contributed by atoms with van der Waals surface area (Å²) in [5, 5.41) is 6.68. The molecule has 1 amide bonds. The SMILES string of the molecule is CCOC(=O)NC(C)CC(CC)NC1CCc2cccc(OC)c2C1.Cl. The van der Waals surface area contributed by atoms with Gasteiger partial charge in [-0.05, 0) is 63.1 Å². The van der Waals surface area contributed by atoms with Crippen LogP contribution in [0.5, 0.6) is 5.75 Å². The van der Waals surface area contributed by atoms with Crippen LogP contribution in [0.15, 0.2) is 18.2 Å². The van der Waals surface area contributed by atoms with Crippen LogP contribution in [0.4, 0.5) is 4.79 Å². The molecule has 5 nitrogen and oxygen atoms in total. The number of fused-ring (bicyclic) bond motifs is 1. The van der Waals surface area contributed by atoms with Gasteiger partial charge in [-0.25, -0.2) is 4.79 Å². The summed E-state index contributed by atoms with van der Waals surface area (Å²) in [6, 6.07) is 7.23. The molecule has 0 saturated carbocycles.